The van der Waals surface area contributed by atoms with Gasteiger partial charge in [0.25, 0.3) is 5.91 Å². The van der Waals surface area contributed by atoms with E-state index in [9.17, 15) is 4.79 Å². The molecule has 136 valence electrons. The highest BCUT2D eigenvalue weighted by Gasteiger charge is 2.18. The van der Waals surface area contributed by atoms with Gasteiger partial charge in [-0.3, -0.25) is 9.69 Å². The Morgan fingerprint density at radius 1 is 1.04 bits per heavy atom. The number of nitrogens with one attached hydrogen (secondary N) is 2. The second-order valence-corrected chi connectivity index (χ2v) is 5.91. The maximum Gasteiger partial charge on any atom is 0.255 e. The molecule has 1 atom stereocenters. The van der Waals surface area contributed by atoms with Crippen LogP contribution in [-0.4, -0.2) is 37.0 Å². The number of piperazine rings is 1. The molecule has 0 bridgehead atoms. The summed E-state index contributed by atoms with van der Waals surface area (Å²) in [5.74, 6) is -0.0717. The zero-order valence-corrected chi connectivity index (χ0v) is 15.9. The molecular weight excluding hydrogens is 357 g/mol. The van der Waals surface area contributed by atoms with Crippen LogP contribution in [0.4, 0.5) is 5.69 Å². The number of hydrogen-bond acceptors (Lipinski definition) is 3. The molecule has 3 rings (SSSR count). The lowest BCUT2D eigenvalue weighted by Crippen LogP contribution is -2.44. The van der Waals surface area contributed by atoms with E-state index in [4.69, 9.17) is 0 Å². The van der Waals surface area contributed by atoms with Crippen LogP contribution in [-0.2, 0) is 0 Å². The van der Waals surface area contributed by atoms with Gasteiger partial charge in [-0.25, -0.2) is 0 Å². The van der Waals surface area contributed by atoms with E-state index >= 15 is 0 Å². The number of carbonyl (C=O) groups is 1. The van der Waals surface area contributed by atoms with E-state index in [0.717, 1.165) is 31.9 Å². The Hall–Kier alpha value is -1.59. The number of rotatable bonds is 4. The molecule has 1 heterocycles. The Kier molecular flexibility index (Phi) is 8.93. The van der Waals surface area contributed by atoms with Crippen molar-refractivity contribution in [2.75, 3.05) is 31.5 Å². The van der Waals surface area contributed by atoms with Crippen molar-refractivity contribution in [1.29, 1.82) is 0 Å². The number of carbonyl (C=O) groups excluding carboxylic acids is 1. The number of hydrogen-bond donors (Lipinski definition) is 2. The van der Waals surface area contributed by atoms with Crippen LogP contribution in [0.2, 0.25) is 0 Å². The summed E-state index contributed by atoms with van der Waals surface area (Å²) in [6.45, 7) is 6.41. The zero-order valence-electron chi connectivity index (χ0n) is 14.3. The van der Waals surface area contributed by atoms with Gasteiger partial charge in [-0.15, -0.1) is 24.8 Å². The Labute approximate surface area is 161 Å². The summed E-state index contributed by atoms with van der Waals surface area (Å²) in [6, 6.07) is 17.8. The number of halogens is 2. The van der Waals surface area contributed by atoms with E-state index in [2.05, 4.69) is 34.6 Å². The average Bonchev–Trinajstić information content (AvgIpc) is 2.63. The minimum Gasteiger partial charge on any atom is -0.322 e. The predicted octanol–water partition coefficient (Wildman–Crippen LogP) is 3.75. The lowest BCUT2D eigenvalue weighted by atomic mass is 10.1. The van der Waals surface area contributed by atoms with E-state index in [1.807, 2.05) is 42.5 Å². The first-order chi connectivity index (χ1) is 11.2. The van der Waals surface area contributed by atoms with E-state index in [0.29, 0.717) is 11.6 Å². The monoisotopic (exact) mass is 381 g/mol. The average molecular weight is 382 g/mol. The molecule has 1 saturated heterocycles. The molecule has 0 saturated carbocycles. The van der Waals surface area contributed by atoms with Crippen LogP contribution >= 0.6 is 24.8 Å². The standard InChI is InChI=1S/C19H23N3O.2ClH/c1-15(22-12-10-20-11-13-22)17-8-5-9-18(14-17)21-19(23)16-6-3-2-4-7-16;;/h2-9,14-15,20H,10-13H2,1H3,(H,21,23);2*1H. The summed E-state index contributed by atoms with van der Waals surface area (Å²) in [6.07, 6.45) is 0. The molecule has 4 nitrogen and oxygen atoms in total. The van der Waals surface area contributed by atoms with E-state index in [1.165, 1.54) is 5.56 Å². The van der Waals surface area contributed by atoms with Gasteiger partial charge in [0.2, 0.25) is 0 Å². The SMILES string of the molecule is CC(c1cccc(NC(=O)c2ccccc2)c1)N1CCNCC1.Cl.Cl. The fraction of sp³-hybridized carbons (Fsp3) is 0.316. The highest BCUT2D eigenvalue weighted by molar-refractivity contribution is 6.04. The van der Waals surface area contributed by atoms with Gasteiger partial charge in [-0.1, -0.05) is 30.3 Å². The Bertz CT molecular complexity index is 661. The molecule has 1 unspecified atom stereocenters. The highest BCUT2D eigenvalue weighted by atomic mass is 35.5. The first kappa shape index (κ1) is 21.5. The van der Waals surface area contributed by atoms with E-state index < -0.39 is 0 Å². The van der Waals surface area contributed by atoms with Gasteiger partial charge >= 0.3 is 0 Å². The van der Waals surface area contributed by atoms with Crippen molar-refractivity contribution in [3.05, 3.63) is 65.7 Å². The number of nitrogens with zero attached hydrogens (tertiary/aromatic N) is 1. The maximum absolute atomic E-state index is 12.3. The van der Waals surface area contributed by atoms with Gasteiger partial charge in [-0.05, 0) is 36.8 Å². The highest BCUT2D eigenvalue weighted by Crippen LogP contribution is 2.23. The maximum atomic E-state index is 12.3. The van der Waals surface area contributed by atoms with Crippen LogP contribution < -0.4 is 10.6 Å². The summed E-state index contributed by atoms with van der Waals surface area (Å²) in [5, 5.41) is 6.36. The fourth-order valence-electron chi connectivity index (χ4n) is 2.95. The quantitative estimate of drug-likeness (QED) is 0.847. The molecule has 0 aromatic heterocycles. The zero-order chi connectivity index (χ0) is 16.1. The van der Waals surface area contributed by atoms with Gasteiger partial charge < -0.3 is 10.6 Å². The first-order valence-corrected chi connectivity index (χ1v) is 8.15. The number of amides is 1. The Balaban J connectivity index is 0.00000156. The molecule has 0 radical (unpaired) electrons. The Morgan fingerprint density at radius 3 is 2.40 bits per heavy atom. The van der Waals surface area contributed by atoms with Crippen molar-refractivity contribution >= 4 is 36.4 Å². The third kappa shape index (κ3) is 5.72. The van der Waals surface area contributed by atoms with Crippen molar-refractivity contribution < 1.29 is 4.79 Å². The topological polar surface area (TPSA) is 44.4 Å². The Morgan fingerprint density at radius 2 is 1.72 bits per heavy atom. The lowest BCUT2D eigenvalue weighted by Gasteiger charge is -2.33. The third-order valence-electron chi connectivity index (χ3n) is 4.36. The molecular formula is C19H25Cl2N3O. The number of anilines is 1. The molecule has 1 aliphatic rings. The van der Waals surface area contributed by atoms with Crippen LogP contribution in [0.1, 0.15) is 28.9 Å². The van der Waals surface area contributed by atoms with Crippen LogP contribution in [0.25, 0.3) is 0 Å². The minimum atomic E-state index is -0.0717. The molecule has 1 fully saturated rings. The molecule has 2 aromatic carbocycles. The van der Waals surface area contributed by atoms with Crippen molar-refractivity contribution in [1.82, 2.24) is 10.2 Å². The lowest BCUT2D eigenvalue weighted by molar-refractivity contribution is 0.102. The second-order valence-electron chi connectivity index (χ2n) is 5.91. The third-order valence-corrected chi connectivity index (χ3v) is 4.36. The van der Waals surface area contributed by atoms with Crippen molar-refractivity contribution in [3.63, 3.8) is 0 Å². The fourth-order valence-corrected chi connectivity index (χ4v) is 2.95. The van der Waals surface area contributed by atoms with Crippen LogP contribution in [0, 0.1) is 0 Å². The molecule has 25 heavy (non-hydrogen) atoms. The normalized spacial score (nSPS) is 15.4. The predicted molar refractivity (Wildman–Crippen MR) is 108 cm³/mol. The van der Waals surface area contributed by atoms with E-state index in [1.54, 1.807) is 0 Å². The van der Waals surface area contributed by atoms with Crippen molar-refractivity contribution in [2.45, 2.75) is 13.0 Å². The van der Waals surface area contributed by atoms with Gasteiger partial charge in [0, 0.05) is 43.5 Å². The van der Waals surface area contributed by atoms with Gasteiger partial charge in [0.05, 0.1) is 0 Å². The first-order valence-electron chi connectivity index (χ1n) is 8.15. The minimum absolute atomic E-state index is 0. The molecule has 2 N–H and O–H groups in total. The molecule has 2 aromatic rings. The van der Waals surface area contributed by atoms with Crippen LogP contribution in [0.15, 0.2) is 54.6 Å². The largest absolute Gasteiger partial charge is 0.322 e. The van der Waals surface area contributed by atoms with Crippen LogP contribution in [0.3, 0.4) is 0 Å². The van der Waals surface area contributed by atoms with Gasteiger partial charge in [0.15, 0.2) is 0 Å². The molecule has 1 aliphatic heterocycles. The van der Waals surface area contributed by atoms with Gasteiger partial charge in [0.1, 0.15) is 0 Å². The smallest absolute Gasteiger partial charge is 0.255 e. The van der Waals surface area contributed by atoms with Crippen molar-refractivity contribution in [2.24, 2.45) is 0 Å². The van der Waals surface area contributed by atoms with Crippen molar-refractivity contribution in [3.8, 4) is 0 Å². The van der Waals surface area contributed by atoms with Crippen LogP contribution in [0.5, 0.6) is 0 Å². The molecule has 1 amide bonds. The molecule has 0 aliphatic carbocycles. The summed E-state index contributed by atoms with van der Waals surface area (Å²) in [7, 11) is 0. The number of benzene rings is 2. The summed E-state index contributed by atoms with van der Waals surface area (Å²) in [5.41, 5.74) is 2.75. The van der Waals surface area contributed by atoms with Gasteiger partial charge in [-0.2, -0.15) is 0 Å². The summed E-state index contributed by atoms with van der Waals surface area (Å²) < 4.78 is 0. The molecule has 6 heteroatoms. The summed E-state index contributed by atoms with van der Waals surface area (Å²) >= 11 is 0. The second kappa shape index (κ2) is 10.4. The summed E-state index contributed by atoms with van der Waals surface area (Å²) in [4.78, 5) is 14.7. The van der Waals surface area contributed by atoms with E-state index in [-0.39, 0.29) is 30.7 Å². The molecule has 0 spiro atoms.